The summed E-state index contributed by atoms with van der Waals surface area (Å²) in [6, 6.07) is 9.29. The van der Waals surface area contributed by atoms with E-state index in [0.29, 0.717) is 5.92 Å². The number of guanidine groups is 1. The Labute approximate surface area is 181 Å². The van der Waals surface area contributed by atoms with Gasteiger partial charge in [-0.05, 0) is 44.0 Å². The van der Waals surface area contributed by atoms with Crippen molar-refractivity contribution in [3.8, 4) is 5.75 Å². The molecule has 1 aliphatic heterocycles. The van der Waals surface area contributed by atoms with E-state index in [9.17, 15) is 0 Å². The zero-order chi connectivity index (χ0) is 18.4. The summed E-state index contributed by atoms with van der Waals surface area (Å²) in [4.78, 5) is 9.42. The Morgan fingerprint density at radius 3 is 2.56 bits per heavy atom. The van der Waals surface area contributed by atoms with Crippen molar-refractivity contribution in [2.75, 3.05) is 47.4 Å². The van der Waals surface area contributed by atoms with E-state index in [1.165, 1.54) is 37.7 Å². The van der Waals surface area contributed by atoms with Gasteiger partial charge in [0.1, 0.15) is 5.75 Å². The molecular weight excluding hydrogens is 451 g/mol. The van der Waals surface area contributed by atoms with E-state index < -0.39 is 0 Å². The lowest BCUT2D eigenvalue weighted by Crippen LogP contribution is -2.44. The summed E-state index contributed by atoms with van der Waals surface area (Å²) in [5.74, 6) is 2.54. The van der Waals surface area contributed by atoms with Crippen molar-refractivity contribution < 1.29 is 4.74 Å². The fraction of sp³-hybridized carbons (Fsp3) is 0.667. The summed E-state index contributed by atoms with van der Waals surface area (Å²) in [7, 11) is 5.87. The van der Waals surface area contributed by atoms with Gasteiger partial charge in [0.25, 0.3) is 0 Å². The molecule has 1 aliphatic carbocycles. The minimum absolute atomic E-state index is 0. The number of ether oxygens (including phenoxy) is 1. The van der Waals surface area contributed by atoms with Gasteiger partial charge < -0.3 is 19.9 Å². The number of nitrogens with one attached hydrogen (secondary N) is 1. The molecule has 152 valence electrons. The molecule has 0 bridgehead atoms. The average molecular weight is 486 g/mol. The van der Waals surface area contributed by atoms with Crippen LogP contribution in [0.3, 0.4) is 0 Å². The highest BCUT2D eigenvalue weighted by Gasteiger charge is 2.26. The molecule has 2 fully saturated rings. The van der Waals surface area contributed by atoms with Crippen LogP contribution in [0.15, 0.2) is 29.3 Å². The van der Waals surface area contributed by atoms with Crippen LogP contribution in [0.4, 0.5) is 0 Å². The van der Waals surface area contributed by atoms with Gasteiger partial charge in [-0.1, -0.05) is 25.0 Å². The van der Waals surface area contributed by atoms with Gasteiger partial charge in [0.15, 0.2) is 5.96 Å². The van der Waals surface area contributed by atoms with Gasteiger partial charge in [-0.2, -0.15) is 0 Å². The van der Waals surface area contributed by atoms with Gasteiger partial charge >= 0.3 is 0 Å². The standard InChI is InChI=1S/C21H34N4O.HI/c1-22-21(23-13-15-24(2)19-6-4-5-7-19)25-14-12-18(16-25)17-8-10-20(26-3)11-9-17;/h8-11,18-19H,4-7,12-16H2,1-3H3,(H,22,23);1H. The summed E-state index contributed by atoms with van der Waals surface area (Å²) < 4.78 is 5.27. The summed E-state index contributed by atoms with van der Waals surface area (Å²) in [6.45, 7) is 4.14. The minimum atomic E-state index is 0. The molecule has 0 radical (unpaired) electrons. The Morgan fingerprint density at radius 2 is 1.93 bits per heavy atom. The molecule has 27 heavy (non-hydrogen) atoms. The lowest BCUT2D eigenvalue weighted by atomic mass is 9.98. The number of halogens is 1. The van der Waals surface area contributed by atoms with Crippen LogP contribution in [0, 0.1) is 0 Å². The van der Waals surface area contributed by atoms with Gasteiger partial charge in [0, 0.05) is 45.2 Å². The zero-order valence-electron chi connectivity index (χ0n) is 17.0. The molecule has 0 amide bonds. The average Bonchev–Trinajstić information content (AvgIpc) is 3.37. The number of aliphatic imine (C=N–C) groups is 1. The van der Waals surface area contributed by atoms with Gasteiger partial charge in [-0.15, -0.1) is 24.0 Å². The Bertz CT molecular complexity index is 586. The summed E-state index contributed by atoms with van der Waals surface area (Å²) in [6.07, 6.45) is 6.69. The molecule has 1 saturated carbocycles. The first-order chi connectivity index (χ1) is 12.7. The number of nitrogens with zero attached hydrogens (tertiary/aromatic N) is 3. The molecule has 1 saturated heterocycles. The smallest absolute Gasteiger partial charge is 0.193 e. The van der Waals surface area contributed by atoms with E-state index in [4.69, 9.17) is 4.74 Å². The third-order valence-corrected chi connectivity index (χ3v) is 5.98. The predicted octanol–water partition coefficient (Wildman–Crippen LogP) is 3.55. The van der Waals surface area contributed by atoms with Crippen LogP contribution in [0.1, 0.15) is 43.6 Å². The fourth-order valence-electron chi connectivity index (χ4n) is 4.30. The maximum atomic E-state index is 5.27. The van der Waals surface area contributed by atoms with Crippen molar-refractivity contribution in [1.82, 2.24) is 15.1 Å². The third-order valence-electron chi connectivity index (χ3n) is 5.98. The van der Waals surface area contributed by atoms with E-state index >= 15 is 0 Å². The Kier molecular flexibility index (Phi) is 9.15. The van der Waals surface area contributed by atoms with Crippen molar-refractivity contribution in [2.24, 2.45) is 4.99 Å². The summed E-state index contributed by atoms with van der Waals surface area (Å²) in [5, 5.41) is 3.57. The van der Waals surface area contributed by atoms with E-state index in [1.807, 2.05) is 7.05 Å². The third kappa shape index (κ3) is 5.98. The van der Waals surface area contributed by atoms with Gasteiger partial charge in [0.2, 0.25) is 0 Å². The number of likely N-dealkylation sites (N-methyl/N-ethyl adjacent to an activating group) is 1. The fourth-order valence-corrected chi connectivity index (χ4v) is 4.30. The van der Waals surface area contributed by atoms with E-state index in [0.717, 1.165) is 43.9 Å². The van der Waals surface area contributed by atoms with Crippen LogP contribution in [-0.2, 0) is 0 Å². The minimum Gasteiger partial charge on any atom is -0.497 e. The molecule has 1 aromatic rings. The first-order valence-corrected chi connectivity index (χ1v) is 10.0. The second-order valence-electron chi connectivity index (χ2n) is 7.60. The Hall–Kier alpha value is -1.02. The van der Waals surface area contributed by atoms with Gasteiger partial charge in [0.05, 0.1) is 7.11 Å². The van der Waals surface area contributed by atoms with Crippen molar-refractivity contribution in [3.63, 3.8) is 0 Å². The number of rotatable bonds is 6. The largest absolute Gasteiger partial charge is 0.497 e. The SMILES string of the molecule is CN=C(NCCN(C)C1CCCC1)N1CCC(c2ccc(OC)cc2)C1.I. The highest BCUT2D eigenvalue weighted by atomic mass is 127. The molecule has 5 nitrogen and oxygen atoms in total. The summed E-state index contributed by atoms with van der Waals surface area (Å²) >= 11 is 0. The maximum absolute atomic E-state index is 5.27. The van der Waals surface area contributed by atoms with Crippen molar-refractivity contribution in [1.29, 1.82) is 0 Å². The monoisotopic (exact) mass is 486 g/mol. The topological polar surface area (TPSA) is 40.1 Å². The molecule has 1 unspecified atom stereocenters. The van der Waals surface area contributed by atoms with E-state index in [-0.39, 0.29) is 24.0 Å². The van der Waals surface area contributed by atoms with Crippen molar-refractivity contribution in [2.45, 2.75) is 44.1 Å². The van der Waals surface area contributed by atoms with E-state index in [1.54, 1.807) is 7.11 Å². The normalized spacial score (nSPS) is 20.8. The molecule has 0 spiro atoms. The first-order valence-electron chi connectivity index (χ1n) is 10.0. The number of methoxy groups -OCH3 is 1. The molecule has 0 aromatic heterocycles. The van der Waals surface area contributed by atoms with Gasteiger partial charge in [-0.25, -0.2) is 0 Å². The molecule has 1 atom stereocenters. The highest BCUT2D eigenvalue weighted by molar-refractivity contribution is 14.0. The van der Waals surface area contributed by atoms with Crippen LogP contribution >= 0.6 is 24.0 Å². The summed E-state index contributed by atoms with van der Waals surface area (Å²) in [5.41, 5.74) is 1.39. The maximum Gasteiger partial charge on any atom is 0.193 e. The molecule has 1 N–H and O–H groups in total. The molecule has 3 rings (SSSR count). The quantitative estimate of drug-likeness (QED) is 0.380. The first kappa shape index (κ1) is 22.3. The zero-order valence-corrected chi connectivity index (χ0v) is 19.3. The second kappa shape index (κ2) is 11.1. The Morgan fingerprint density at radius 1 is 1.22 bits per heavy atom. The second-order valence-corrected chi connectivity index (χ2v) is 7.60. The highest BCUT2D eigenvalue weighted by Crippen LogP contribution is 2.28. The molecular formula is C21H35IN4O. The van der Waals surface area contributed by atoms with Crippen LogP contribution in [-0.4, -0.2) is 69.2 Å². The Balaban J connectivity index is 0.00000261. The van der Waals surface area contributed by atoms with Crippen molar-refractivity contribution >= 4 is 29.9 Å². The van der Waals surface area contributed by atoms with Crippen LogP contribution in [0.25, 0.3) is 0 Å². The number of likely N-dealkylation sites (tertiary alicyclic amines) is 1. The van der Waals surface area contributed by atoms with E-state index in [2.05, 4.69) is 51.4 Å². The lowest BCUT2D eigenvalue weighted by molar-refractivity contribution is 0.248. The molecule has 1 aromatic carbocycles. The predicted molar refractivity (Wildman–Crippen MR) is 124 cm³/mol. The molecule has 2 aliphatic rings. The number of hydrogen-bond donors (Lipinski definition) is 1. The van der Waals surface area contributed by atoms with Crippen molar-refractivity contribution in [3.05, 3.63) is 29.8 Å². The molecule has 1 heterocycles. The van der Waals surface area contributed by atoms with Crippen LogP contribution in [0.5, 0.6) is 5.75 Å². The number of hydrogen-bond acceptors (Lipinski definition) is 3. The molecule has 6 heteroatoms. The lowest BCUT2D eigenvalue weighted by Gasteiger charge is -2.26. The van der Waals surface area contributed by atoms with Crippen LogP contribution in [0.2, 0.25) is 0 Å². The van der Waals surface area contributed by atoms with Crippen LogP contribution < -0.4 is 10.1 Å². The van der Waals surface area contributed by atoms with Gasteiger partial charge in [-0.3, -0.25) is 4.99 Å². The number of benzene rings is 1.